The Balaban J connectivity index is 1.28. The molecule has 1 aromatic heterocycles. The molecule has 0 radical (unpaired) electrons. The maximum atomic E-state index is 11.9. The summed E-state index contributed by atoms with van der Waals surface area (Å²) in [5.74, 6) is 0.890. The lowest BCUT2D eigenvalue weighted by Gasteiger charge is -2.10. The van der Waals surface area contributed by atoms with Crippen LogP contribution in [0, 0.1) is 0 Å². The van der Waals surface area contributed by atoms with Crippen molar-refractivity contribution in [3.63, 3.8) is 0 Å². The average Bonchev–Trinajstić information content (AvgIpc) is 3.35. The molecule has 0 saturated carbocycles. The van der Waals surface area contributed by atoms with Crippen molar-refractivity contribution in [2.75, 3.05) is 26.4 Å². The van der Waals surface area contributed by atoms with E-state index in [1.807, 2.05) is 12.1 Å². The van der Waals surface area contributed by atoms with Crippen molar-refractivity contribution >= 4 is 17.5 Å². The van der Waals surface area contributed by atoms with Crippen LogP contribution in [0.15, 0.2) is 28.8 Å². The van der Waals surface area contributed by atoms with Gasteiger partial charge in [-0.1, -0.05) is 16.8 Å². The topological polar surface area (TPSA) is 86.5 Å². The van der Waals surface area contributed by atoms with Gasteiger partial charge < -0.3 is 19.3 Å². The van der Waals surface area contributed by atoms with Crippen LogP contribution in [0.3, 0.4) is 0 Å². The molecule has 2 heterocycles. The van der Waals surface area contributed by atoms with Gasteiger partial charge in [-0.05, 0) is 43.5 Å². The summed E-state index contributed by atoms with van der Waals surface area (Å²) in [7, 11) is 0. The molecular weight excluding hydrogens is 370 g/mol. The maximum Gasteiger partial charge on any atom is 0.227 e. The van der Waals surface area contributed by atoms with Gasteiger partial charge in [-0.25, -0.2) is 0 Å². The van der Waals surface area contributed by atoms with E-state index in [-0.39, 0.29) is 12.0 Å². The molecule has 1 unspecified atom stereocenters. The van der Waals surface area contributed by atoms with Gasteiger partial charge >= 0.3 is 0 Å². The third kappa shape index (κ3) is 6.61. The summed E-state index contributed by atoms with van der Waals surface area (Å²) in [5, 5.41) is 7.46. The van der Waals surface area contributed by atoms with E-state index >= 15 is 0 Å². The van der Waals surface area contributed by atoms with Gasteiger partial charge in [0.2, 0.25) is 17.6 Å². The molecule has 1 aliphatic heterocycles. The molecule has 0 aliphatic carbocycles. The fourth-order valence-electron chi connectivity index (χ4n) is 2.77. The predicted octanol–water partition coefficient (Wildman–Crippen LogP) is 3.02. The number of hydrogen-bond donors (Lipinski definition) is 1. The summed E-state index contributed by atoms with van der Waals surface area (Å²) < 4.78 is 16.2. The van der Waals surface area contributed by atoms with Crippen molar-refractivity contribution in [2.24, 2.45) is 0 Å². The lowest BCUT2D eigenvalue weighted by atomic mass is 10.2. The second-order valence-corrected chi connectivity index (χ2v) is 6.87. The fourth-order valence-corrected chi connectivity index (χ4v) is 2.90. The minimum absolute atomic E-state index is 0.0413. The van der Waals surface area contributed by atoms with Crippen LogP contribution >= 0.6 is 11.6 Å². The van der Waals surface area contributed by atoms with Crippen LogP contribution in [0.4, 0.5) is 0 Å². The predicted molar refractivity (Wildman–Crippen MR) is 100 cm³/mol. The summed E-state index contributed by atoms with van der Waals surface area (Å²) >= 11 is 5.87. The molecule has 3 rings (SSSR count). The van der Waals surface area contributed by atoms with Crippen molar-refractivity contribution in [1.82, 2.24) is 15.5 Å². The van der Waals surface area contributed by atoms with Gasteiger partial charge in [0.25, 0.3) is 0 Å². The van der Waals surface area contributed by atoms with E-state index in [1.165, 1.54) is 0 Å². The number of halogens is 1. The van der Waals surface area contributed by atoms with Crippen LogP contribution in [0.1, 0.15) is 31.6 Å². The number of ether oxygens (including phenoxy) is 2. The van der Waals surface area contributed by atoms with E-state index in [0.717, 1.165) is 31.4 Å². The number of rotatable bonds is 10. The summed E-state index contributed by atoms with van der Waals surface area (Å²) in [6.07, 6.45) is 3.92. The molecule has 0 spiro atoms. The Hall–Kier alpha value is -1.96. The first-order valence-electron chi connectivity index (χ1n) is 9.25. The normalized spacial score (nSPS) is 16.6. The van der Waals surface area contributed by atoms with E-state index in [2.05, 4.69) is 15.5 Å². The Labute approximate surface area is 163 Å². The van der Waals surface area contributed by atoms with Crippen molar-refractivity contribution in [3.05, 3.63) is 35.2 Å². The third-order valence-electron chi connectivity index (χ3n) is 4.25. The summed E-state index contributed by atoms with van der Waals surface area (Å²) in [6.45, 7) is 2.69. The first-order valence-corrected chi connectivity index (χ1v) is 9.63. The Kier molecular flexibility index (Phi) is 7.62. The quantitative estimate of drug-likeness (QED) is 0.624. The smallest absolute Gasteiger partial charge is 0.227 e. The Bertz CT molecular complexity index is 714. The summed E-state index contributed by atoms with van der Waals surface area (Å²) in [4.78, 5) is 16.2. The maximum absolute atomic E-state index is 11.9. The van der Waals surface area contributed by atoms with Gasteiger partial charge in [0.15, 0.2) is 0 Å². The number of aryl methyl sites for hydroxylation is 1. The van der Waals surface area contributed by atoms with E-state index in [9.17, 15) is 4.79 Å². The number of nitrogens with one attached hydrogen (secondary N) is 1. The summed E-state index contributed by atoms with van der Waals surface area (Å²) in [5.41, 5.74) is 0.821. The zero-order chi connectivity index (χ0) is 18.9. The van der Waals surface area contributed by atoms with E-state index in [4.69, 9.17) is 25.6 Å². The second kappa shape index (κ2) is 10.4. The van der Waals surface area contributed by atoms with Crippen molar-refractivity contribution in [1.29, 1.82) is 0 Å². The molecule has 1 amide bonds. The van der Waals surface area contributed by atoms with Gasteiger partial charge in [0.05, 0.1) is 12.7 Å². The minimum Gasteiger partial charge on any atom is -0.379 e. The second-order valence-electron chi connectivity index (χ2n) is 6.43. The molecule has 1 N–H and O–H groups in total. The number of benzene rings is 1. The molecule has 1 fully saturated rings. The van der Waals surface area contributed by atoms with Gasteiger partial charge in [-0.15, -0.1) is 0 Å². The molecule has 7 nitrogen and oxygen atoms in total. The first-order chi connectivity index (χ1) is 13.2. The van der Waals surface area contributed by atoms with Crippen LogP contribution in [-0.2, 0) is 20.7 Å². The molecule has 146 valence electrons. The fraction of sp³-hybridized carbons (Fsp3) is 0.526. The van der Waals surface area contributed by atoms with Crippen LogP contribution in [0.2, 0.25) is 5.02 Å². The van der Waals surface area contributed by atoms with Gasteiger partial charge in [0, 0.05) is 43.2 Å². The van der Waals surface area contributed by atoms with Crippen molar-refractivity contribution < 1.29 is 18.8 Å². The van der Waals surface area contributed by atoms with Crippen molar-refractivity contribution in [3.8, 4) is 11.4 Å². The molecule has 27 heavy (non-hydrogen) atoms. The number of carbonyl (C=O) groups is 1. The Morgan fingerprint density at radius 2 is 2.19 bits per heavy atom. The van der Waals surface area contributed by atoms with Gasteiger partial charge in [0.1, 0.15) is 0 Å². The molecule has 8 heteroatoms. The largest absolute Gasteiger partial charge is 0.379 e. The highest BCUT2D eigenvalue weighted by molar-refractivity contribution is 6.30. The van der Waals surface area contributed by atoms with E-state index in [1.54, 1.807) is 12.1 Å². The molecular formula is C19H24ClN3O4. The van der Waals surface area contributed by atoms with Crippen LogP contribution in [-0.4, -0.2) is 48.5 Å². The lowest BCUT2D eigenvalue weighted by Crippen LogP contribution is -2.26. The highest BCUT2D eigenvalue weighted by atomic mass is 35.5. The van der Waals surface area contributed by atoms with Crippen molar-refractivity contribution in [2.45, 2.75) is 38.2 Å². The first kappa shape index (κ1) is 19.8. The zero-order valence-electron chi connectivity index (χ0n) is 15.2. The number of nitrogens with zero attached hydrogens (tertiary/aromatic N) is 2. The van der Waals surface area contributed by atoms with E-state index in [0.29, 0.717) is 49.3 Å². The number of hydrogen-bond acceptors (Lipinski definition) is 6. The molecule has 1 atom stereocenters. The van der Waals surface area contributed by atoms with E-state index < -0.39 is 0 Å². The zero-order valence-corrected chi connectivity index (χ0v) is 15.9. The van der Waals surface area contributed by atoms with Gasteiger partial charge in [-0.2, -0.15) is 4.98 Å². The number of aromatic nitrogens is 2. The molecule has 1 aliphatic rings. The minimum atomic E-state index is -0.0413. The summed E-state index contributed by atoms with van der Waals surface area (Å²) in [6, 6.07) is 7.19. The van der Waals surface area contributed by atoms with Gasteiger partial charge in [-0.3, -0.25) is 4.79 Å². The highest BCUT2D eigenvalue weighted by Crippen LogP contribution is 2.19. The molecule has 0 bridgehead atoms. The SMILES string of the molecule is O=C(CCc1nc(-c2ccc(Cl)cc2)no1)NCCCOCC1CCCO1. The van der Waals surface area contributed by atoms with Crippen LogP contribution in [0.25, 0.3) is 11.4 Å². The standard InChI is InChI=1S/C19H24ClN3O4/c20-15-6-4-14(5-7-15)19-22-18(27-23-19)9-8-17(24)21-10-2-11-25-13-16-3-1-12-26-16/h4-7,16H,1-3,8-13H2,(H,21,24). The van der Waals surface area contributed by atoms with Crippen LogP contribution in [0.5, 0.6) is 0 Å². The Morgan fingerprint density at radius 3 is 2.96 bits per heavy atom. The number of amides is 1. The highest BCUT2D eigenvalue weighted by Gasteiger charge is 2.15. The monoisotopic (exact) mass is 393 g/mol. The molecule has 1 aromatic carbocycles. The molecule has 1 saturated heterocycles. The Morgan fingerprint density at radius 1 is 1.33 bits per heavy atom. The number of carbonyl (C=O) groups excluding carboxylic acids is 1. The van der Waals surface area contributed by atoms with Crippen LogP contribution < -0.4 is 5.32 Å². The average molecular weight is 394 g/mol. The lowest BCUT2D eigenvalue weighted by molar-refractivity contribution is -0.121. The molecule has 2 aromatic rings. The third-order valence-corrected chi connectivity index (χ3v) is 4.50.